The highest BCUT2D eigenvalue weighted by Gasteiger charge is 2.24. The van der Waals surface area contributed by atoms with Gasteiger partial charge in [0.15, 0.2) is 0 Å². The molecular weight excluding hydrogens is 271 g/mol. The van der Waals surface area contributed by atoms with Gasteiger partial charge < -0.3 is 9.84 Å². The number of hydrogen-bond acceptors (Lipinski definition) is 4. The van der Waals surface area contributed by atoms with Crippen LogP contribution in [0, 0.1) is 5.82 Å². The van der Waals surface area contributed by atoms with Crippen molar-refractivity contribution in [1.82, 2.24) is 9.80 Å². The largest absolute Gasteiger partial charge is 0.387 e. The standard InChI is InChI=1S/C16H25FN2O2/c1-13-11-18(7-8-19(13)9-10-21-2)12-16(20)14-3-5-15(17)6-4-14/h3-6,13,16,20H,7-12H2,1-2H3/t13-,16+/m0/s1. The topological polar surface area (TPSA) is 35.9 Å². The molecule has 1 aliphatic rings. The first-order chi connectivity index (χ1) is 10.1. The van der Waals surface area contributed by atoms with Crippen molar-refractivity contribution in [2.45, 2.75) is 19.1 Å². The zero-order chi connectivity index (χ0) is 15.2. The van der Waals surface area contributed by atoms with Crippen molar-refractivity contribution in [1.29, 1.82) is 0 Å². The molecule has 1 saturated heterocycles. The number of aliphatic hydroxyl groups is 1. The molecule has 0 spiro atoms. The van der Waals surface area contributed by atoms with Crippen LogP contribution < -0.4 is 0 Å². The maximum Gasteiger partial charge on any atom is 0.123 e. The molecule has 118 valence electrons. The second-order valence-electron chi connectivity index (χ2n) is 5.70. The van der Waals surface area contributed by atoms with Crippen molar-refractivity contribution in [3.8, 4) is 0 Å². The SMILES string of the molecule is COCCN1CCN(C[C@@H](O)c2ccc(F)cc2)C[C@@H]1C. The molecule has 2 rings (SSSR count). The van der Waals surface area contributed by atoms with E-state index in [-0.39, 0.29) is 5.82 Å². The van der Waals surface area contributed by atoms with Gasteiger partial charge in [0.1, 0.15) is 5.82 Å². The van der Waals surface area contributed by atoms with Crippen LogP contribution in [0.25, 0.3) is 0 Å². The number of nitrogens with zero attached hydrogens (tertiary/aromatic N) is 2. The summed E-state index contributed by atoms with van der Waals surface area (Å²) >= 11 is 0. The Labute approximate surface area is 126 Å². The number of benzene rings is 1. The Morgan fingerprint density at radius 3 is 2.67 bits per heavy atom. The van der Waals surface area contributed by atoms with Crippen LogP contribution in [0.15, 0.2) is 24.3 Å². The summed E-state index contributed by atoms with van der Waals surface area (Å²) < 4.78 is 18.0. The minimum absolute atomic E-state index is 0.272. The molecule has 1 heterocycles. The summed E-state index contributed by atoms with van der Waals surface area (Å²) in [6, 6.07) is 6.54. The normalized spacial score (nSPS) is 22.4. The fourth-order valence-corrected chi connectivity index (χ4v) is 2.81. The van der Waals surface area contributed by atoms with E-state index in [2.05, 4.69) is 16.7 Å². The first kappa shape index (κ1) is 16.4. The summed E-state index contributed by atoms with van der Waals surface area (Å²) in [5.74, 6) is -0.272. The van der Waals surface area contributed by atoms with Crippen LogP contribution in [-0.2, 0) is 4.74 Å². The molecule has 2 atom stereocenters. The fourth-order valence-electron chi connectivity index (χ4n) is 2.81. The molecular formula is C16H25FN2O2. The molecule has 21 heavy (non-hydrogen) atoms. The molecule has 1 N–H and O–H groups in total. The number of piperazine rings is 1. The number of methoxy groups -OCH3 is 1. The number of aliphatic hydroxyl groups excluding tert-OH is 1. The van der Waals surface area contributed by atoms with Crippen LogP contribution in [0.5, 0.6) is 0 Å². The summed E-state index contributed by atoms with van der Waals surface area (Å²) in [5, 5.41) is 10.3. The monoisotopic (exact) mass is 296 g/mol. The molecule has 4 nitrogen and oxygen atoms in total. The molecule has 0 amide bonds. The van der Waals surface area contributed by atoms with Crippen molar-refractivity contribution in [3.63, 3.8) is 0 Å². The van der Waals surface area contributed by atoms with Crippen molar-refractivity contribution in [2.75, 3.05) is 46.4 Å². The van der Waals surface area contributed by atoms with Crippen LogP contribution in [0.3, 0.4) is 0 Å². The number of halogens is 1. The second-order valence-corrected chi connectivity index (χ2v) is 5.70. The Morgan fingerprint density at radius 1 is 1.33 bits per heavy atom. The third-order valence-electron chi connectivity index (χ3n) is 4.12. The van der Waals surface area contributed by atoms with Crippen LogP contribution >= 0.6 is 0 Å². The van der Waals surface area contributed by atoms with Gasteiger partial charge in [-0.2, -0.15) is 0 Å². The molecule has 0 unspecified atom stereocenters. The van der Waals surface area contributed by atoms with E-state index in [1.54, 1.807) is 19.2 Å². The highest BCUT2D eigenvalue weighted by atomic mass is 19.1. The molecule has 1 fully saturated rings. The third-order valence-corrected chi connectivity index (χ3v) is 4.12. The van der Waals surface area contributed by atoms with Crippen molar-refractivity contribution >= 4 is 0 Å². The van der Waals surface area contributed by atoms with Gasteiger partial charge >= 0.3 is 0 Å². The molecule has 0 radical (unpaired) electrons. The van der Waals surface area contributed by atoms with E-state index in [0.29, 0.717) is 12.6 Å². The number of rotatable bonds is 6. The lowest BCUT2D eigenvalue weighted by Gasteiger charge is -2.40. The van der Waals surface area contributed by atoms with E-state index in [1.165, 1.54) is 12.1 Å². The second kappa shape index (κ2) is 7.84. The summed E-state index contributed by atoms with van der Waals surface area (Å²) in [5.41, 5.74) is 0.769. The van der Waals surface area contributed by atoms with Gasteiger partial charge in [-0.1, -0.05) is 12.1 Å². The number of hydrogen-bond donors (Lipinski definition) is 1. The summed E-state index contributed by atoms with van der Waals surface area (Å²) in [6.07, 6.45) is -0.566. The van der Waals surface area contributed by atoms with Gasteiger partial charge in [-0.3, -0.25) is 9.80 Å². The van der Waals surface area contributed by atoms with E-state index in [9.17, 15) is 9.50 Å². The molecule has 1 aliphatic heterocycles. The first-order valence-electron chi connectivity index (χ1n) is 7.49. The van der Waals surface area contributed by atoms with Gasteiger partial charge in [-0.05, 0) is 24.6 Å². The Kier molecular flexibility index (Phi) is 6.11. The van der Waals surface area contributed by atoms with Crippen molar-refractivity contribution < 1.29 is 14.2 Å². The fraction of sp³-hybridized carbons (Fsp3) is 0.625. The lowest BCUT2D eigenvalue weighted by molar-refractivity contribution is 0.0330. The zero-order valence-corrected chi connectivity index (χ0v) is 12.8. The van der Waals surface area contributed by atoms with Crippen LogP contribution in [-0.4, -0.2) is 67.4 Å². The van der Waals surface area contributed by atoms with E-state index in [1.807, 2.05) is 0 Å². The van der Waals surface area contributed by atoms with Crippen molar-refractivity contribution in [3.05, 3.63) is 35.6 Å². The van der Waals surface area contributed by atoms with E-state index < -0.39 is 6.10 Å². The predicted molar refractivity (Wildman–Crippen MR) is 80.7 cm³/mol. The molecule has 1 aromatic rings. The lowest BCUT2D eigenvalue weighted by Crippen LogP contribution is -2.53. The quantitative estimate of drug-likeness (QED) is 0.863. The van der Waals surface area contributed by atoms with E-state index in [4.69, 9.17) is 4.74 Å². The average Bonchev–Trinajstić information content (AvgIpc) is 2.47. The molecule has 0 bridgehead atoms. The number of ether oxygens (including phenoxy) is 1. The summed E-state index contributed by atoms with van der Waals surface area (Å²) in [6.45, 7) is 7.35. The maximum absolute atomic E-state index is 12.9. The molecule has 5 heteroatoms. The Bertz CT molecular complexity index is 427. The number of β-amino-alcohol motifs (C(OH)–C–C–N with tert-alkyl or cyclic N) is 1. The molecule has 0 saturated carbocycles. The van der Waals surface area contributed by atoms with Gasteiger partial charge in [0, 0.05) is 45.9 Å². The van der Waals surface area contributed by atoms with Crippen LogP contribution in [0.1, 0.15) is 18.6 Å². The Hall–Kier alpha value is -1.01. The first-order valence-corrected chi connectivity index (χ1v) is 7.49. The van der Waals surface area contributed by atoms with Crippen molar-refractivity contribution in [2.24, 2.45) is 0 Å². The lowest BCUT2D eigenvalue weighted by atomic mass is 10.1. The van der Waals surface area contributed by atoms with E-state index >= 15 is 0 Å². The van der Waals surface area contributed by atoms with Gasteiger partial charge in [-0.15, -0.1) is 0 Å². The highest BCUT2D eigenvalue weighted by molar-refractivity contribution is 5.18. The van der Waals surface area contributed by atoms with Gasteiger partial charge in [0.2, 0.25) is 0 Å². The van der Waals surface area contributed by atoms with E-state index in [0.717, 1.165) is 38.3 Å². The Balaban J connectivity index is 1.83. The van der Waals surface area contributed by atoms with Crippen LogP contribution in [0.2, 0.25) is 0 Å². The minimum Gasteiger partial charge on any atom is -0.387 e. The Morgan fingerprint density at radius 2 is 2.05 bits per heavy atom. The smallest absolute Gasteiger partial charge is 0.123 e. The summed E-state index contributed by atoms with van der Waals surface area (Å²) in [7, 11) is 1.72. The predicted octanol–water partition coefficient (Wildman–Crippen LogP) is 1.51. The maximum atomic E-state index is 12.9. The zero-order valence-electron chi connectivity index (χ0n) is 12.8. The molecule has 1 aromatic carbocycles. The summed E-state index contributed by atoms with van der Waals surface area (Å²) in [4.78, 5) is 4.67. The van der Waals surface area contributed by atoms with Gasteiger partial charge in [0.05, 0.1) is 12.7 Å². The van der Waals surface area contributed by atoms with Gasteiger partial charge in [-0.25, -0.2) is 4.39 Å². The average molecular weight is 296 g/mol. The third kappa shape index (κ3) is 4.74. The molecule has 0 aromatic heterocycles. The molecule has 0 aliphatic carbocycles. The van der Waals surface area contributed by atoms with Crippen LogP contribution in [0.4, 0.5) is 4.39 Å². The van der Waals surface area contributed by atoms with Gasteiger partial charge in [0.25, 0.3) is 0 Å². The highest BCUT2D eigenvalue weighted by Crippen LogP contribution is 2.17. The minimum atomic E-state index is -0.566.